The van der Waals surface area contributed by atoms with Gasteiger partial charge < -0.3 is 9.64 Å². The van der Waals surface area contributed by atoms with E-state index in [4.69, 9.17) is 11.2 Å². The first-order valence-corrected chi connectivity index (χ1v) is 5.51. The second kappa shape index (κ2) is 5.65. The van der Waals surface area contributed by atoms with Gasteiger partial charge in [0.25, 0.3) is 0 Å². The Morgan fingerprint density at radius 1 is 1.53 bits per heavy atom. The molecular formula is C12H19NO2. The van der Waals surface area contributed by atoms with Crippen LogP contribution in [0.15, 0.2) is 0 Å². The van der Waals surface area contributed by atoms with Gasteiger partial charge in [0.2, 0.25) is 0 Å². The summed E-state index contributed by atoms with van der Waals surface area (Å²) in [4.78, 5) is 13.3. The third kappa shape index (κ3) is 3.83. The zero-order valence-electron chi connectivity index (χ0n) is 9.53. The Hall–Kier alpha value is -1.17. The summed E-state index contributed by atoms with van der Waals surface area (Å²) in [6.45, 7) is 6.00. The van der Waals surface area contributed by atoms with Crippen LogP contribution in [0.1, 0.15) is 26.7 Å². The molecule has 0 unspecified atom stereocenters. The van der Waals surface area contributed by atoms with Crippen molar-refractivity contribution in [1.29, 1.82) is 0 Å². The number of rotatable bonds is 2. The van der Waals surface area contributed by atoms with E-state index in [0.717, 1.165) is 25.9 Å². The Labute approximate surface area is 91.8 Å². The first kappa shape index (κ1) is 11.9. The molecule has 0 aromatic heterocycles. The number of nitrogens with zero attached hydrogens (tertiary/aromatic N) is 1. The van der Waals surface area contributed by atoms with Gasteiger partial charge in [0.05, 0.1) is 6.61 Å². The molecule has 1 heterocycles. The van der Waals surface area contributed by atoms with Crippen LogP contribution in [0, 0.1) is 24.2 Å². The lowest BCUT2D eigenvalue weighted by molar-refractivity contribution is 0.0824. The van der Waals surface area contributed by atoms with E-state index in [9.17, 15) is 4.79 Å². The maximum atomic E-state index is 11.5. The molecule has 3 heteroatoms. The minimum absolute atomic E-state index is 0.195. The lowest BCUT2D eigenvalue weighted by atomic mass is 9.98. The summed E-state index contributed by atoms with van der Waals surface area (Å²) < 4.78 is 5.15. The molecule has 1 aliphatic rings. The second-order valence-electron chi connectivity index (χ2n) is 4.40. The van der Waals surface area contributed by atoms with E-state index in [0.29, 0.717) is 18.4 Å². The summed E-state index contributed by atoms with van der Waals surface area (Å²) in [5.41, 5.74) is 0. The fourth-order valence-electron chi connectivity index (χ4n) is 1.56. The quantitative estimate of drug-likeness (QED) is 0.652. The van der Waals surface area contributed by atoms with Gasteiger partial charge in [-0.25, -0.2) is 4.79 Å². The van der Waals surface area contributed by atoms with Crippen molar-refractivity contribution in [2.75, 3.05) is 19.7 Å². The van der Waals surface area contributed by atoms with Gasteiger partial charge in [-0.15, -0.1) is 12.3 Å². The van der Waals surface area contributed by atoms with Gasteiger partial charge in [-0.1, -0.05) is 13.8 Å². The Morgan fingerprint density at radius 3 is 2.60 bits per heavy atom. The second-order valence-corrected chi connectivity index (χ2v) is 4.40. The maximum absolute atomic E-state index is 11.5. The van der Waals surface area contributed by atoms with E-state index in [-0.39, 0.29) is 6.09 Å². The molecule has 0 aliphatic carbocycles. The van der Waals surface area contributed by atoms with Gasteiger partial charge in [0, 0.05) is 19.0 Å². The van der Waals surface area contributed by atoms with Crippen LogP contribution in [0.5, 0.6) is 0 Å². The Kier molecular flexibility index (Phi) is 4.48. The molecule has 0 radical (unpaired) electrons. The van der Waals surface area contributed by atoms with Gasteiger partial charge in [-0.05, 0) is 18.8 Å². The zero-order chi connectivity index (χ0) is 11.3. The Morgan fingerprint density at radius 2 is 2.13 bits per heavy atom. The molecule has 0 aromatic rings. The number of carbonyl (C=O) groups is 1. The first-order chi connectivity index (χ1) is 7.13. The molecule has 1 rings (SSSR count). The normalized spacial score (nSPS) is 17.6. The minimum atomic E-state index is -0.195. The summed E-state index contributed by atoms with van der Waals surface area (Å²) in [6.07, 6.45) is 6.94. The molecule has 0 bridgehead atoms. The summed E-state index contributed by atoms with van der Waals surface area (Å²) in [5, 5.41) is 0. The average Bonchev–Trinajstić information content (AvgIpc) is 2.26. The predicted octanol–water partition coefficient (Wildman–Crippen LogP) is 2.12. The van der Waals surface area contributed by atoms with Crippen molar-refractivity contribution < 1.29 is 9.53 Å². The van der Waals surface area contributed by atoms with Crippen molar-refractivity contribution >= 4 is 6.09 Å². The zero-order valence-corrected chi connectivity index (χ0v) is 9.53. The summed E-state index contributed by atoms with van der Waals surface area (Å²) >= 11 is 0. The first-order valence-electron chi connectivity index (χ1n) is 5.51. The van der Waals surface area contributed by atoms with Crippen LogP contribution < -0.4 is 0 Å². The monoisotopic (exact) mass is 209 g/mol. The molecule has 0 atom stereocenters. The van der Waals surface area contributed by atoms with Crippen LogP contribution in [0.4, 0.5) is 4.79 Å². The number of carbonyl (C=O) groups excluding carboxylic acids is 1. The van der Waals surface area contributed by atoms with Crippen LogP contribution in [-0.4, -0.2) is 30.7 Å². The minimum Gasteiger partial charge on any atom is -0.449 e. The highest BCUT2D eigenvalue weighted by Gasteiger charge is 2.22. The van der Waals surface area contributed by atoms with E-state index in [1.165, 1.54) is 0 Å². The topological polar surface area (TPSA) is 29.5 Å². The van der Waals surface area contributed by atoms with E-state index >= 15 is 0 Å². The summed E-state index contributed by atoms with van der Waals surface area (Å²) in [7, 11) is 0. The standard InChI is InChI=1S/C12H19NO2/c1-4-11-5-7-13(8-6-11)12(14)15-9-10(2)3/h1,10-11H,5-9H2,2-3H3. The third-order valence-corrected chi connectivity index (χ3v) is 2.53. The lowest BCUT2D eigenvalue weighted by Gasteiger charge is -2.29. The predicted molar refractivity (Wildman–Crippen MR) is 59.3 cm³/mol. The number of hydrogen-bond donors (Lipinski definition) is 0. The van der Waals surface area contributed by atoms with Gasteiger partial charge in [-0.2, -0.15) is 0 Å². The fraction of sp³-hybridized carbons (Fsp3) is 0.750. The van der Waals surface area contributed by atoms with Crippen LogP contribution in [0.25, 0.3) is 0 Å². The van der Waals surface area contributed by atoms with E-state index in [2.05, 4.69) is 5.92 Å². The third-order valence-electron chi connectivity index (χ3n) is 2.53. The molecule has 1 amide bonds. The SMILES string of the molecule is C#CC1CCN(C(=O)OCC(C)C)CC1. The lowest BCUT2D eigenvalue weighted by Crippen LogP contribution is -2.38. The molecule has 1 aliphatic heterocycles. The van der Waals surface area contributed by atoms with Crippen molar-refractivity contribution in [3.63, 3.8) is 0 Å². The molecule has 0 spiro atoms. The van der Waals surface area contributed by atoms with Gasteiger partial charge in [-0.3, -0.25) is 0 Å². The molecule has 84 valence electrons. The van der Waals surface area contributed by atoms with Gasteiger partial charge in [0.15, 0.2) is 0 Å². The van der Waals surface area contributed by atoms with Crippen LogP contribution in [-0.2, 0) is 4.74 Å². The summed E-state index contributed by atoms with van der Waals surface area (Å²) in [5.74, 6) is 3.45. The van der Waals surface area contributed by atoms with Gasteiger partial charge >= 0.3 is 6.09 Å². The van der Waals surface area contributed by atoms with Crippen molar-refractivity contribution in [1.82, 2.24) is 4.90 Å². The van der Waals surface area contributed by atoms with Crippen molar-refractivity contribution in [2.45, 2.75) is 26.7 Å². The molecular weight excluding hydrogens is 190 g/mol. The molecule has 15 heavy (non-hydrogen) atoms. The number of terminal acetylenes is 1. The molecule has 0 N–H and O–H groups in total. The molecule has 3 nitrogen and oxygen atoms in total. The number of ether oxygens (including phenoxy) is 1. The van der Waals surface area contributed by atoms with Crippen LogP contribution in [0.3, 0.4) is 0 Å². The molecule has 1 fully saturated rings. The molecule has 0 saturated carbocycles. The summed E-state index contributed by atoms with van der Waals surface area (Å²) in [6, 6.07) is 0. The number of amides is 1. The molecule has 1 saturated heterocycles. The van der Waals surface area contributed by atoms with Gasteiger partial charge in [0.1, 0.15) is 0 Å². The fourth-order valence-corrected chi connectivity index (χ4v) is 1.56. The number of piperidine rings is 1. The van der Waals surface area contributed by atoms with E-state index in [1.54, 1.807) is 4.90 Å². The van der Waals surface area contributed by atoms with Crippen LogP contribution >= 0.6 is 0 Å². The maximum Gasteiger partial charge on any atom is 0.409 e. The van der Waals surface area contributed by atoms with Crippen molar-refractivity contribution in [3.8, 4) is 12.3 Å². The average molecular weight is 209 g/mol. The highest BCUT2D eigenvalue weighted by atomic mass is 16.6. The van der Waals surface area contributed by atoms with E-state index < -0.39 is 0 Å². The highest BCUT2D eigenvalue weighted by molar-refractivity contribution is 5.67. The number of hydrogen-bond acceptors (Lipinski definition) is 2. The molecule has 0 aromatic carbocycles. The van der Waals surface area contributed by atoms with Crippen molar-refractivity contribution in [3.05, 3.63) is 0 Å². The van der Waals surface area contributed by atoms with Crippen LogP contribution in [0.2, 0.25) is 0 Å². The Balaban J connectivity index is 2.27. The number of likely N-dealkylation sites (tertiary alicyclic amines) is 1. The largest absolute Gasteiger partial charge is 0.449 e. The van der Waals surface area contributed by atoms with E-state index in [1.807, 2.05) is 13.8 Å². The Bertz CT molecular complexity index is 247. The highest BCUT2D eigenvalue weighted by Crippen LogP contribution is 2.16. The van der Waals surface area contributed by atoms with Crippen molar-refractivity contribution in [2.24, 2.45) is 11.8 Å². The smallest absolute Gasteiger partial charge is 0.409 e.